The number of rotatable bonds is 4. The normalized spacial score (nSPS) is 23.6. The lowest BCUT2D eigenvalue weighted by atomic mass is 9.91. The maximum absolute atomic E-state index is 12.8. The molecule has 2 amide bonds. The Labute approximate surface area is 170 Å². The number of fused-ring (bicyclic) bond motifs is 1. The Balaban J connectivity index is 1.43. The molecule has 0 aromatic carbocycles. The molecular formula is C21H30N4O2S. The molecular weight excluding hydrogens is 372 g/mol. The smallest absolute Gasteiger partial charge is 0.261 e. The van der Waals surface area contributed by atoms with Crippen LogP contribution < -0.4 is 10.6 Å². The number of thiophene rings is 1. The maximum atomic E-state index is 12.8. The number of aryl methyl sites for hydroxylation is 1. The predicted molar refractivity (Wildman–Crippen MR) is 112 cm³/mol. The number of amides is 2. The van der Waals surface area contributed by atoms with Crippen LogP contribution in [0.4, 0.5) is 0 Å². The number of aromatic nitrogens is 2. The molecule has 0 atom stereocenters. The molecule has 0 unspecified atom stereocenters. The first kappa shape index (κ1) is 19.4. The van der Waals surface area contributed by atoms with E-state index in [0.29, 0.717) is 6.04 Å². The Hall–Kier alpha value is -1.89. The van der Waals surface area contributed by atoms with Crippen molar-refractivity contribution in [2.45, 2.75) is 89.8 Å². The van der Waals surface area contributed by atoms with Crippen LogP contribution in [0, 0.1) is 6.92 Å². The molecule has 7 heteroatoms. The fraction of sp³-hybridized carbons (Fsp3) is 0.667. The Morgan fingerprint density at radius 1 is 1.04 bits per heavy atom. The highest BCUT2D eigenvalue weighted by atomic mass is 32.1. The van der Waals surface area contributed by atoms with E-state index in [-0.39, 0.29) is 23.9 Å². The lowest BCUT2D eigenvalue weighted by molar-refractivity contribution is -0.119. The van der Waals surface area contributed by atoms with Crippen molar-refractivity contribution in [2.75, 3.05) is 0 Å². The first-order valence-electron chi connectivity index (χ1n) is 10.6. The van der Waals surface area contributed by atoms with Gasteiger partial charge in [0.15, 0.2) is 0 Å². The summed E-state index contributed by atoms with van der Waals surface area (Å²) in [5, 5.41) is 12.1. The Bertz CT molecular complexity index is 857. The minimum atomic E-state index is 0.0266. The van der Waals surface area contributed by atoms with Gasteiger partial charge >= 0.3 is 0 Å². The zero-order valence-corrected chi connectivity index (χ0v) is 17.6. The fourth-order valence-electron chi connectivity index (χ4n) is 4.68. The minimum Gasteiger partial charge on any atom is -0.354 e. The van der Waals surface area contributed by atoms with Crippen LogP contribution in [-0.2, 0) is 4.79 Å². The van der Waals surface area contributed by atoms with Gasteiger partial charge in [-0.3, -0.25) is 14.3 Å². The van der Waals surface area contributed by atoms with Gasteiger partial charge in [-0.25, -0.2) is 0 Å². The molecule has 2 N–H and O–H groups in total. The number of carbonyl (C=O) groups excluding carboxylic acids is 2. The monoisotopic (exact) mass is 402 g/mol. The number of hydrogen-bond acceptors (Lipinski definition) is 4. The molecule has 4 rings (SSSR count). The van der Waals surface area contributed by atoms with Crippen LogP contribution in [0.5, 0.6) is 0 Å². The quantitative estimate of drug-likeness (QED) is 0.809. The molecule has 28 heavy (non-hydrogen) atoms. The van der Waals surface area contributed by atoms with E-state index in [1.54, 1.807) is 18.3 Å². The number of nitrogens with zero attached hydrogens (tertiary/aromatic N) is 2. The SMILES string of the molecule is CC(=O)N[C@H]1CC[C@H](NC(=O)c2cc3c(C)nn(C4CCCCC4)c3s2)CC1. The van der Waals surface area contributed by atoms with E-state index in [4.69, 9.17) is 5.10 Å². The number of nitrogens with one attached hydrogen (secondary N) is 2. The third-order valence-corrected chi connectivity index (χ3v) is 7.31. The molecule has 2 fully saturated rings. The summed E-state index contributed by atoms with van der Waals surface area (Å²) < 4.78 is 2.18. The summed E-state index contributed by atoms with van der Waals surface area (Å²) in [6.45, 7) is 3.60. The molecule has 2 aromatic rings. The van der Waals surface area contributed by atoms with E-state index in [9.17, 15) is 9.59 Å². The molecule has 2 aliphatic carbocycles. The number of carbonyl (C=O) groups is 2. The van der Waals surface area contributed by atoms with Gasteiger partial charge in [-0.05, 0) is 51.5 Å². The largest absolute Gasteiger partial charge is 0.354 e. The van der Waals surface area contributed by atoms with Gasteiger partial charge in [0, 0.05) is 24.4 Å². The topological polar surface area (TPSA) is 76.0 Å². The molecule has 0 saturated heterocycles. The zero-order chi connectivity index (χ0) is 19.7. The second-order valence-corrected chi connectivity index (χ2v) is 9.40. The second-order valence-electron chi connectivity index (χ2n) is 8.37. The lowest BCUT2D eigenvalue weighted by Gasteiger charge is -2.29. The molecule has 6 nitrogen and oxygen atoms in total. The summed E-state index contributed by atoms with van der Waals surface area (Å²) in [5.74, 6) is 0.0545. The summed E-state index contributed by atoms with van der Waals surface area (Å²) >= 11 is 1.58. The predicted octanol–water partition coefficient (Wildman–Crippen LogP) is 4.09. The van der Waals surface area contributed by atoms with Gasteiger partial charge in [0.1, 0.15) is 4.83 Å². The van der Waals surface area contributed by atoms with Crippen LogP contribution in [0.1, 0.15) is 86.1 Å². The van der Waals surface area contributed by atoms with E-state index in [2.05, 4.69) is 15.3 Å². The molecule has 0 aliphatic heterocycles. The fourth-order valence-corrected chi connectivity index (χ4v) is 5.82. The molecule has 2 aromatic heterocycles. The van der Waals surface area contributed by atoms with Crippen molar-refractivity contribution >= 4 is 33.4 Å². The Kier molecular flexibility index (Phi) is 5.71. The molecule has 0 radical (unpaired) electrons. The van der Waals surface area contributed by atoms with Gasteiger partial charge < -0.3 is 10.6 Å². The van der Waals surface area contributed by atoms with Crippen LogP contribution in [0.25, 0.3) is 10.2 Å². The molecule has 152 valence electrons. The second kappa shape index (κ2) is 8.23. The maximum Gasteiger partial charge on any atom is 0.261 e. The van der Waals surface area contributed by atoms with E-state index < -0.39 is 0 Å². The summed E-state index contributed by atoms with van der Waals surface area (Å²) in [5.41, 5.74) is 1.02. The highest BCUT2D eigenvalue weighted by Gasteiger charge is 2.26. The van der Waals surface area contributed by atoms with Crippen LogP contribution in [-0.4, -0.2) is 33.7 Å². The average molecular weight is 403 g/mol. The van der Waals surface area contributed by atoms with Gasteiger partial charge in [-0.15, -0.1) is 11.3 Å². The van der Waals surface area contributed by atoms with Gasteiger partial charge in [-0.1, -0.05) is 19.3 Å². The third kappa shape index (κ3) is 4.09. The van der Waals surface area contributed by atoms with Crippen LogP contribution in [0.3, 0.4) is 0 Å². The zero-order valence-electron chi connectivity index (χ0n) is 16.8. The summed E-state index contributed by atoms with van der Waals surface area (Å²) in [4.78, 5) is 26.0. The van der Waals surface area contributed by atoms with Crippen LogP contribution >= 0.6 is 11.3 Å². The van der Waals surface area contributed by atoms with Gasteiger partial charge in [0.05, 0.1) is 16.6 Å². The van der Waals surface area contributed by atoms with Gasteiger partial charge in [0.2, 0.25) is 5.91 Å². The van der Waals surface area contributed by atoms with Crippen molar-refractivity contribution in [3.05, 3.63) is 16.6 Å². The highest BCUT2D eigenvalue weighted by Crippen LogP contribution is 2.35. The van der Waals surface area contributed by atoms with Gasteiger partial charge in [-0.2, -0.15) is 5.10 Å². The van der Waals surface area contributed by atoms with Crippen LogP contribution in [0.15, 0.2) is 6.07 Å². The average Bonchev–Trinajstić information content (AvgIpc) is 3.24. The first-order valence-corrected chi connectivity index (χ1v) is 11.4. The van der Waals surface area contributed by atoms with Crippen molar-refractivity contribution in [2.24, 2.45) is 0 Å². The molecule has 2 aliphatic rings. The van der Waals surface area contributed by atoms with Crippen LogP contribution in [0.2, 0.25) is 0 Å². The van der Waals surface area contributed by atoms with Gasteiger partial charge in [0.25, 0.3) is 5.91 Å². The van der Waals surface area contributed by atoms with Crippen molar-refractivity contribution in [3.8, 4) is 0 Å². The van der Waals surface area contributed by atoms with E-state index in [1.807, 2.05) is 13.0 Å². The Morgan fingerprint density at radius 3 is 2.32 bits per heavy atom. The Morgan fingerprint density at radius 2 is 1.68 bits per heavy atom. The van der Waals surface area contributed by atoms with Crippen molar-refractivity contribution in [1.82, 2.24) is 20.4 Å². The lowest BCUT2D eigenvalue weighted by Crippen LogP contribution is -2.43. The number of hydrogen-bond donors (Lipinski definition) is 2. The summed E-state index contributed by atoms with van der Waals surface area (Å²) in [7, 11) is 0. The third-order valence-electron chi connectivity index (χ3n) is 6.18. The molecule has 2 saturated carbocycles. The van der Waals surface area contributed by atoms with E-state index in [1.165, 1.54) is 32.1 Å². The first-order chi connectivity index (χ1) is 13.5. The van der Waals surface area contributed by atoms with E-state index >= 15 is 0 Å². The van der Waals surface area contributed by atoms with E-state index in [0.717, 1.165) is 46.5 Å². The van der Waals surface area contributed by atoms with Crippen molar-refractivity contribution < 1.29 is 9.59 Å². The minimum absolute atomic E-state index is 0.0266. The highest BCUT2D eigenvalue weighted by molar-refractivity contribution is 7.20. The van der Waals surface area contributed by atoms with Crippen molar-refractivity contribution in [3.63, 3.8) is 0 Å². The summed E-state index contributed by atoms with van der Waals surface area (Å²) in [6.07, 6.45) is 9.91. The standard InChI is InChI=1S/C21H30N4O2S/c1-13-18-12-19(28-21(18)25(24-13)17-6-4-3-5-7-17)20(27)23-16-10-8-15(9-11-16)22-14(2)26/h12,15-17H,3-11H2,1-2H3,(H,22,26)(H,23,27)/t15-,16-. The summed E-state index contributed by atoms with van der Waals surface area (Å²) in [6, 6.07) is 2.93. The molecule has 0 bridgehead atoms. The molecule has 0 spiro atoms. The van der Waals surface area contributed by atoms with Crippen molar-refractivity contribution in [1.29, 1.82) is 0 Å². The molecule has 2 heterocycles.